The lowest BCUT2D eigenvalue weighted by molar-refractivity contribution is -0.446. The Balaban J connectivity index is 2.51. The molecule has 0 saturated carbocycles. The van der Waals surface area contributed by atoms with Crippen LogP contribution in [0.1, 0.15) is 5.56 Å². The summed E-state index contributed by atoms with van der Waals surface area (Å²) < 4.78 is 0.797. The van der Waals surface area contributed by atoms with Gasteiger partial charge in [-0.3, -0.25) is 0 Å². The van der Waals surface area contributed by atoms with E-state index in [4.69, 9.17) is 0 Å². The first kappa shape index (κ1) is 6.09. The second-order valence-electron chi connectivity index (χ2n) is 2.21. The van der Waals surface area contributed by atoms with Gasteiger partial charge in [0.15, 0.2) is 6.21 Å². The van der Waals surface area contributed by atoms with Gasteiger partial charge in [0.1, 0.15) is 12.1 Å². The second kappa shape index (κ2) is 2.19. The number of aromatic nitrogens is 2. The standard InChI is InChI=1S/C6H6N4O/c11-10-2-5-1-7-3-8-6(5)9-4-10/h1-3H,4H2,(H,7,8,9). The highest BCUT2D eigenvalue weighted by atomic mass is 16.5. The molecule has 0 fully saturated rings. The number of nitrogens with zero attached hydrogens (tertiary/aromatic N) is 3. The minimum Gasteiger partial charge on any atom is -0.622 e. The predicted octanol–water partition coefficient (Wildman–Crippen LogP) is -0.211. The van der Waals surface area contributed by atoms with Gasteiger partial charge in [0.2, 0.25) is 6.67 Å². The van der Waals surface area contributed by atoms with E-state index in [9.17, 15) is 5.21 Å². The molecule has 0 radical (unpaired) electrons. The zero-order chi connectivity index (χ0) is 7.68. The molecule has 0 aliphatic carbocycles. The molecule has 11 heavy (non-hydrogen) atoms. The van der Waals surface area contributed by atoms with E-state index in [0.717, 1.165) is 10.3 Å². The Labute approximate surface area is 63.0 Å². The van der Waals surface area contributed by atoms with Crippen LogP contribution >= 0.6 is 0 Å². The van der Waals surface area contributed by atoms with E-state index in [1.165, 1.54) is 12.5 Å². The highest BCUT2D eigenvalue weighted by molar-refractivity contribution is 5.83. The summed E-state index contributed by atoms with van der Waals surface area (Å²) in [6, 6.07) is 0. The maximum atomic E-state index is 10.8. The first-order chi connectivity index (χ1) is 5.36. The fourth-order valence-corrected chi connectivity index (χ4v) is 0.936. The van der Waals surface area contributed by atoms with Crippen LogP contribution in [0.4, 0.5) is 5.82 Å². The third-order valence-electron chi connectivity index (χ3n) is 1.43. The Bertz CT molecular complexity index is 309. The van der Waals surface area contributed by atoms with E-state index in [1.54, 1.807) is 6.20 Å². The third-order valence-corrected chi connectivity index (χ3v) is 1.43. The smallest absolute Gasteiger partial charge is 0.227 e. The lowest BCUT2D eigenvalue weighted by Gasteiger charge is -2.12. The summed E-state index contributed by atoms with van der Waals surface area (Å²) in [6.45, 7) is 0.254. The Kier molecular flexibility index (Phi) is 1.21. The van der Waals surface area contributed by atoms with Crippen LogP contribution in [-0.2, 0) is 0 Å². The van der Waals surface area contributed by atoms with Crippen molar-refractivity contribution in [1.82, 2.24) is 9.97 Å². The summed E-state index contributed by atoms with van der Waals surface area (Å²) >= 11 is 0. The van der Waals surface area contributed by atoms with Crippen molar-refractivity contribution in [2.24, 2.45) is 0 Å². The number of hydrogen-bond donors (Lipinski definition) is 1. The van der Waals surface area contributed by atoms with Crippen LogP contribution in [0, 0.1) is 5.21 Å². The number of hydrogen-bond acceptors (Lipinski definition) is 4. The zero-order valence-corrected chi connectivity index (χ0v) is 5.69. The minimum atomic E-state index is 0.254. The summed E-state index contributed by atoms with van der Waals surface area (Å²) in [4.78, 5) is 7.72. The number of fused-ring (bicyclic) bond motifs is 1. The molecule has 0 atom stereocenters. The van der Waals surface area contributed by atoms with E-state index >= 15 is 0 Å². The molecule has 0 saturated heterocycles. The van der Waals surface area contributed by atoms with Crippen LogP contribution in [0.25, 0.3) is 0 Å². The Morgan fingerprint density at radius 2 is 2.55 bits per heavy atom. The number of rotatable bonds is 0. The van der Waals surface area contributed by atoms with Gasteiger partial charge in [-0.25, -0.2) is 9.97 Å². The fraction of sp³-hybridized carbons (Fsp3) is 0.167. The molecule has 1 aromatic heterocycles. The molecule has 0 aromatic carbocycles. The van der Waals surface area contributed by atoms with E-state index in [2.05, 4.69) is 15.3 Å². The third kappa shape index (κ3) is 1.000. The second-order valence-corrected chi connectivity index (χ2v) is 2.21. The lowest BCUT2D eigenvalue weighted by Crippen LogP contribution is -2.22. The first-order valence-electron chi connectivity index (χ1n) is 3.19. The average Bonchev–Trinajstić information content (AvgIpc) is 2.04. The topological polar surface area (TPSA) is 63.9 Å². The van der Waals surface area contributed by atoms with E-state index in [0.29, 0.717) is 5.82 Å². The van der Waals surface area contributed by atoms with Gasteiger partial charge in [-0.1, -0.05) is 0 Å². The van der Waals surface area contributed by atoms with Gasteiger partial charge >= 0.3 is 0 Å². The normalized spacial score (nSPS) is 14.7. The van der Waals surface area contributed by atoms with Crippen molar-refractivity contribution in [2.45, 2.75) is 0 Å². The first-order valence-corrected chi connectivity index (χ1v) is 3.19. The molecule has 0 spiro atoms. The van der Waals surface area contributed by atoms with Crippen molar-refractivity contribution in [2.75, 3.05) is 12.0 Å². The summed E-state index contributed by atoms with van der Waals surface area (Å²) in [6.07, 6.45) is 4.51. The molecule has 0 amide bonds. The van der Waals surface area contributed by atoms with Gasteiger partial charge in [0, 0.05) is 6.20 Å². The van der Waals surface area contributed by atoms with Gasteiger partial charge in [-0.15, -0.1) is 0 Å². The maximum absolute atomic E-state index is 10.8. The Morgan fingerprint density at radius 3 is 3.45 bits per heavy atom. The Hall–Kier alpha value is -1.65. The molecule has 1 aliphatic rings. The van der Waals surface area contributed by atoms with Crippen molar-refractivity contribution in [3.05, 3.63) is 23.3 Å². The molecular formula is C6H6N4O. The molecule has 0 bridgehead atoms. The quantitative estimate of drug-likeness (QED) is 0.410. The van der Waals surface area contributed by atoms with Crippen LogP contribution in [0.3, 0.4) is 0 Å². The average molecular weight is 150 g/mol. The highest BCUT2D eigenvalue weighted by Crippen LogP contribution is 2.09. The molecular weight excluding hydrogens is 144 g/mol. The van der Waals surface area contributed by atoms with Gasteiger partial charge in [0.05, 0.1) is 5.56 Å². The van der Waals surface area contributed by atoms with Crippen molar-refractivity contribution >= 4 is 12.0 Å². The number of hydroxylamine groups is 1. The molecule has 0 unspecified atom stereocenters. The summed E-state index contributed by atoms with van der Waals surface area (Å²) in [5.74, 6) is 0.715. The molecule has 1 N–H and O–H groups in total. The van der Waals surface area contributed by atoms with E-state index in [1.807, 2.05) is 0 Å². The van der Waals surface area contributed by atoms with Crippen molar-refractivity contribution in [3.8, 4) is 0 Å². The predicted molar refractivity (Wildman–Crippen MR) is 39.3 cm³/mol. The van der Waals surface area contributed by atoms with Crippen LogP contribution in [0.15, 0.2) is 12.5 Å². The van der Waals surface area contributed by atoms with Crippen LogP contribution in [-0.4, -0.2) is 27.6 Å². The van der Waals surface area contributed by atoms with Crippen LogP contribution in [0.2, 0.25) is 0 Å². The lowest BCUT2D eigenvalue weighted by atomic mass is 10.3. The summed E-state index contributed by atoms with van der Waals surface area (Å²) in [5.41, 5.74) is 0.730. The van der Waals surface area contributed by atoms with E-state index in [-0.39, 0.29) is 6.67 Å². The van der Waals surface area contributed by atoms with Gasteiger partial charge in [0.25, 0.3) is 0 Å². The van der Waals surface area contributed by atoms with Gasteiger partial charge < -0.3 is 10.5 Å². The molecule has 5 nitrogen and oxygen atoms in total. The molecule has 5 heteroatoms. The van der Waals surface area contributed by atoms with Gasteiger partial charge in [-0.2, -0.15) is 4.74 Å². The number of anilines is 1. The molecule has 2 heterocycles. The zero-order valence-electron chi connectivity index (χ0n) is 5.69. The maximum Gasteiger partial charge on any atom is 0.227 e. The SMILES string of the molecule is [O-][N+]1=Cc2cncnc2NC1. The summed E-state index contributed by atoms with van der Waals surface area (Å²) in [7, 11) is 0. The molecule has 56 valence electrons. The van der Waals surface area contributed by atoms with Crippen molar-refractivity contribution in [3.63, 3.8) is 0 Å². The largest absolute Gasteiger partial charge is 0.622 e. The Morgan fingerprint density at radius 1 is 1.64 bits per heavy atom. The summed E-state index contributed by atoms with van der Waals surface area (Å²) in [5, 5.41) is 13.6. The van der Waals surface area contributed by atoms with Crippen molar-refractivity contribution < 1.29 is 4.74 Å². The fourth-order valence-electron chi connectivity index (χ4n) is 0.936. The minimum absolute atomic E-state index is 0.254. The van der Waals surface area contributed by atoms with Crippen molar-refractivity contribution in [1.29, 1.82) is 0 Å². The molecule has 1 aromatic rings. The van der Waals surface area contributed by atoms with Crippen LogP contribution in [0.5, 0.6) is 0 Å². The van der Waals surface area contributed by atoms with E-state index < -0.39 is 0 Å². The van der Waals surface area contributed by atoms with Crippen LogP contribution < -0.4 is 5.32 Å². The van der Waals surface area contributed by atoms with Gasteiger partial charge in [-0.05, 0) is 0 Å². The molecule has 1 aliphatic heterocycles. The monoisotopic (exact) mass is 150 g/mol. The molecule has 2 rings (SSSR count). The number of nitrogens with one attached hydrogen (secondary N) is 1. The highest BCUT2D eigenvalue weighted by Gasteiger charge is 2.10.